The summed E-state index contributed by atoms with van der Waals surface area (Å²) >= 11 is 1.22. The van der Waals surface area contributed by atoms with Gasteiger partial charge >= 0.3 is 0 Å². The number of anilines is 1. The van der Waals surface area contributed by atoms with Crippen molar-refractivity contribution in [2.45, 2.75) is 25.7 Å². The van der Waals surface area contributed by atoms with Crippen molar-refractivity contribution in [2.24, 2.45) is 0 Å². The van der Waals surface area contributed by atoms with Crippen LogP contribution in [0.2, 0.25) is 0 Å². The molecule has 0 unspecified atom stereocenters. The summed E-state index contributed by atoms with van der Waals surface area (Å²) in [5.41, 5.74) is 1.13. The van der Waals surface area contributed by atoms with Crippen LogP contribution in [0.3, 0.4) is 0 Å². The molecule has 1 heterocycles. The maximum absolute atomic E-state index is 12.1. The summed E-state index contributed by atoms with van der Waals surface area (Å²) < 4.78 is 24.2. The average Bonchev–Trinajstić information content (AvgIpc) is 2.46. The molecule has 12 heavy (non-hydrogen) atoms. The monoisotopic (exact) mass is 189 g/mol. The average molecular weight is 189 g/mol. The highest BCUT2D eigenvalue weighted by Gasteiger charge is 2.16. The number of hydrogen-bond acceptors (Lipinski definition) is 2. The first-order valence-electron chi connectivity index (χ1n) is 4.00. The number of nitrogens with zero attached hydrogens (tertiary/aromatic N) is 1. The number of fused-ring (bicyclic) bond motifs is 1. The fourth-order valence-electron chi connectivity index (χ4n) is 1.56. The van der Waals surface area contributed by atoms with Gasteiger partial charge in [-0.05, 0) is 42.7 Å². The summed E-state index contributed by atoms with van der Waals surface area (Å²) in [5, 5.41) is -0.704. The third-order valence-electron chi connectivity index (χ3n) is 2.15. The molecule has 1 nitrogen and oxygen atoms in total. The fourth-order valence-corrected chi connectivity index (χ4v) is 2.62. The first-order chi connectivity index (χ1) is 5.77. The number of halogens is 2. The molecule has 0 aliphatic heterocycles. The SMILES string of the molecule is FN(F)c1cc2c(s1)CCCC2. The van der Waals surface area contributed by atoms with Crippen molar-refractivity contribution in [3.63, 3.8) is 0 Å². The van der Waals surface area contributed by atoms with Gasteiger partial charge in [-0.3, -0.25) is 0 Å². The highest BCUT2D eigenvalue weighted by Crippen LogP contribution is 2.35. The molecule has 0 spiro atoms. The lowest BCUT2D eigenvalue weighted by Crippen LogP contribution is -1.96. The van der Waals surface area contributed by atoms with Crippen LogP contribution in [-0.4, -0.2) is 0 Å². The van der Waals surface area contributed by atoms with E-state index in [4.69, 9.17) is 0 Å². The van der Waals surface area contributed by atoms with E-state index in [1.165, 1.54) is 11.3 Å². The molecule has 0 N–H and O–H groups in total. The second kappa shape index (κ2) is 3.01. The van der Waals surface area contributed by atoms with Gasteiger partial charge in [0.15, 0.2) is 5.00 Å². The van der Waals surface area contributed by atoms with Crippen molar-refractivity contribution in [1.82, 2.24) is 0 Å². The molecule has 0 bridgehead atoms. The van der Waals surface area contributed by atoms with Crippen LogP contribution in [0.1, 0.15) is 23.3 Å². The quantitative estimate of drug-likeness (QED) is 0.613. The summed E-state index contributed by atoms with van der Waals surface area (Å²) in [4.78, 5) is 1.15. The Labute approximate surface area is 73.5 Å². The zero-order chi connectivity index (χ0) is 8.55. The number of thiophene rings is 1. The van der Waals surface area contributed by atoms with Gasteiger partial charge in [0, 0.05) is 4.88 Å². The van der Waals surface area contributed by atoms with Crippen molar-refractivity contribution in [3.8, 4) is 0 Å². The van der Waals surface area contributed by atoms with Crippen LogP contribution in [0.25, 0.3) is 0 Å². The van der Waals surface area contributed by atoms with E-state index in [9.17, 15) is 8.96 Å². The first kappa shape index (κ1) is 7.98. The number of hydrogen-bond donors (Lipinski definition) is 0. The van der Waals surface area contributed by atoms with Crippen LogP contribution >= 0.6 is 11.3 Å². The molecule has 0 saturated heterocycles. The molecular weight excluding hydrogens is 180 g/mol. The molecule has 1 aliphatic rings. The molecule has 0 saturated carbocycles. The van der Waals surface area contributed by atoms with E-state index in [0.29, 0.717) is 0 Å². The lowest BCUT2D eigenvalue weighted by molar-refractivity contribution is 0.238. The topological polar surface area (TPSA) is 3.24 Å². The zero-order valence-electron chi connectivity index (χ0n) is 6.52. The molecule has 0 amide bonds. The summed E-state index contributed by atoms with van der Waals surface area (Å²) in [6.45, 7) is 0. The molecule has 1 aromatic heterocycles. The van der Waals surface area contributed by atoms with Gasteiger partial charge in [-0.1, -0.05) is 8.96 Å². The van der Waals surface area contributed by atoms with Gasteiger partial charge in [-0.2, -0.15) is 0 Å². The van der Waals surface area contributed by atoms with Crippen LogP contribution in [0.5, 0.6) is 0 Å². The molecular formula is C8H9F2NS. The molecule has 0 radical (unpaired) electrons. The van der Waals surface area contributed by atoms with Crippen molar-refractivity contribution in [2.75, 3.05) is 5.34 Å². The van der Waals surface area contributed by atoms with Crippen molar-refractivity contribution in [1.29, 1.82) is 0 Å². The number of aryl methyl sites for hydroxylation is 2. The Bertz CT molecular complexity index is 259. The summed E-state index contributed by atoms with van der Waals surface area (Å²) in [6.07, 6.45) is 4.24. The van der Waals surface area contributed by atoms with Crippen LogP contribution in [0.4, 0.5) is 14.0 Å². The maximum atomic E-state index is 12.1. The Morgan fingerprint density at radius 1 is 1.25 bits per heavy atom. The van der Waals surface area contributed by atoms with E-state index in [1.807, 2.05) is 0 Å². The van der Waals surface area contributed by atoms with Crippen molar-refractivity contribution in [3.05, 3.63) is 16.5 Å². The fraction of sp³-hybridized carbons (Fsp3) is 0.500. The van der Waals surface area contributed by atoms with E-state index >= 15 is 0 Å². The van der Waals surface area contributed by atoms with Gasteiger partial charge in [0.2, 0.25) is 0 Å². The predicted molar refractivity (Wildman–Crippen MR) is 45.7 cm³/mol. The van der Waals surface area contributed by atoms with Crippen LogP contribution in [-0.2, 0) is 12.8 Å². The zero-order valence-corrected chi connectivity index (χ0v) is 7.33. The van der Waals surface area contributed by atoms with Gasteiger partial charge < -0.3 is 0 Å². The lowest BCUT2D eigenvalue weighted by atomic mass is 10.00. The molecule has 66 valence electrons. The van der Waals surface area contributed by atoms with E-state index in [0.717, 1.165) is 36.1 Å². The highest BCUT2D eigenvalue weighted by atomic mass is 32.1. The van der Waals surface area contributed by atoms with E-state index < -0.39 is 5.34 Å². The first-order valence-corrected chi connectivity index (χ1v) is 4.82. The third kappa shape index (κ3) is 1.31. The van der Waals surface area contributed by atoms with Gasteiger partial charge in [-0.25, -0.2) is 0 Å². The summed E-state index contributed by atoms with van der Waals surface area (Å²) in [7, 11) is 0. The second-order valence-electron chi connectivity index (χ2n) is 2.97. The van der Waals surface area contributed by atoms with E-state index in [-0.39, 0.29) is 5.00 Å². The van der Waals surface area contributed by atoms with Crippen LogP contribution in [0, 0.1) is 0 Å². The van der Waals surface area contributed by atoms with Crippen LogP contribution in [0.15, 0.2) is 6.07 Å². The maximum Gasteiger partial charge on any atom is 0.158 e. The highest BCUT2D eigenvalue weighted by molar-refractivity contribution is 7.16. The Morgan fingerprint density at radius 2 is 2.00 bits per heavy atom. The minimum atomic E-state index is -0.789. The van der Waals surface area contributed by atoms with Gasteiger partial charge in [0.05, 0.1) is 0 Å². The molecule has 4 heteroatoms. The smallest absolute Gasteiger partial charge is 0.118 e. The second-order valence-corrected chi connectivity index (χ2v) is 4.09. The van der Waals surface area contributed by atoms with Crippen molar-refractivity contribution < 1.29 is 8.96 Å². The molecule has 1 aliphatic carbocycles. The Kier molecular flexibility index (Phi) is 2.00. The number of rotatable bonds is 1. The lowest BCUT2D eigenvalue weighted by Gasteiger charge is -2.08. The minimum Gasteiger partial charge on any atom is -0.118 e. The summed E-state index contributed by atoms with van der Waals surface area (Å²) in [6, 6.07) is 1.61. The summed E-state index contributed by atoms with van der Waals surface area (Å²) in [5.74, 6) is 0. The molecule has 0 atom stereocenters. The molecule has 2 rings (SSSR count). The normalized spacial score (nSPS) is 15.8. The van der Waals surface area contributed by atoms with Crippen LogP contribution < -0.4 is 5.34 Å². The van der Waals surface area contributed by atoms with Gasteiger partial charge in [0.1, 0.15) is 0 Å². The molecule has 0 aromatic carbocycles. The van der Waals surface area contributed by atoms with Crippen molar-refractivity contribution >= 4 is 16.3 Å². The molecule has 1 aromatic rings. The predicted octanol–water partition coefficient (Wildman–Crippen LogP) is 3.20. The van der Waals surface area contributed by atoms with Gasteiger partial charge in [0.25, 0.3) is 0 Å². The van der Waals surface area contributed by atoms with E-state index in [2.05, 4.69) is 0 Å². The standard InChI is InChI=1S/C8H9F2NS/c9-11(10)8-5-6-3-1-2-4-7(6)12-8/h5H,1-4H2. The Hall–Kier alpha value is -0.640. The minimum absolute atomic E-state index is 0.0851. The molecule has 0 fully saturated rings. The van der Waals surface area contributed by atoms with E-state index in [1.54, 1.807) is 6.07 Å². The Morgan fingerprint density at radius 3 is 2.67 bits per heavy atom. The van der Waals surface area contributed by atoms with Gasteiger partial charge in [-0.15, -0.1) is 11.3 Å². The largest absolute Gasteiger partial charge is 0.158 e. The Balaban J connectivity index is 2.32. The third-order valence-corrected chi connectivity index (χ3v) is 3.33.